The maximum Gasteiger partial charge on any atom is 0.224 e. The summed E-state index contributed by atoms with van der Waals surface area (Å²) in [5, 5.41) is 4.16. The van der Waals surface area contributed by atoms with Crippen LogP contribution < -0.4 is 5.32 Å². The molecule has 22 heavy (non-hydrogen) atoms. The van der Waals surface area contributed by atoms with Gasteiger partial charge in [0.25, 0.3) is 0 Å². The number of carbonyl (C=O) groups excluding carboxylic acids is 1. The second-order valence-electron chi connectivity index (χ2n) is 5.76. The fourth-order valence-electron chi connectivity index (χ4n) is 2.74. The fourth-order valence-corrected chi connectivity index (χ4v) is 3.19. The van der Waals surface area contributed by atoms with E-state index in [9.17, 15) is 4.79 Å². The van der Waals surface area contributed by atoms with Gasteiger partial charge in [-0.1, -0.05) is 35.3 Å². The van der Waals surface area contributed by atoms with Gasteiger partial charge in [0.1, 0.15) is 0 Å². The molecule has 1 aliphatic rings. The Labute approximate surface area is 139 Å². The molecule has 3 rings (SSSR count). The molecule has 0 radical (unpaired) electrons. The molecule has 1 fully saturated rings. The normalized spacial score (nSPS) is 21.4. The van der Waals surface area contributed by atoms with Gasteiger partial charge in [-0.15, -0.1) is 0 Å². The summed E-state index contributed by atoms with van der Waals surface area (Å²) in [6.07, 6.45) is 6.18. The zero-order valence-corrected chi connectivity index (χ0v) is 13.7. The number of benzene rings is 1. The maximum atomic E-state index is 12.3. The first-order valence-corrected chi connectivity index (χ1v) is 8.02. The Hall–Kier alpha value is -1.52. The van der Waals surface area contributed by atoms with E-state index in [1.54, 1.807) is 18.6 Å². The number of hydrogen-bond acceptors (Lipinski definition) is 2. The molecule has 1 N–H and O–H groups in total. The van der Waals surface area contributed by atoms with Crippen molar-refractivity contribution in [2.24, 2.45) is 5.92 Å². The largest absolute Gasteiger partial charge is 0.352 e. The Kier molecular flexibility index (Phi) is 4.41. The highest BCUT2D eigenvalue weighted by Crippen LogP contribution is 2.50. The monoisotopic (exact) mass is 337 g/mol. The van der Waals surface area contributed by atoms with Crippen molar-refractivity contribution in [1.82, 2.24) is 14.9 Å². The Balaban J connectivity index is 1.57. The summed E-state index contributed by atoms with van der Waals surface area (Å²) in [5.41, 5.74) is 0.969. The first-order valence-electron chi connectivity index (χ1n) is 7.26. The highest BCUT2D eigenvalue weighted by atomic mass is 35.5. The fraction of sp³-hybridized carbons (Fsp3) is 0.375. The van der Waals surface area contributed by atoms with Crippen molar-refractivity contribution >= 4 is 29.1 Å². The van der Waals surface area contributed by atoms with Crippen molar-refractivity contribution in [3.63, 3.8) is 0 Å². The van der Waals surface area contributed by atoms with Gasteiger partial charge in [0.2, 0.25) is 5.91 Å². The number of amides is 1. The molecule has 1 aromatic carbocycles. The Morgan fingerprint density at radius 2 is 2.32 bits per heavy atom. The van der Waals surface area contributed by atoms with Gasteiger partial charge in [0.15, 0.2) is 0 Å². The van der Waals surface area contributed by atoms with Crippen molar-refractivity contribution in [1.29, 1.82) is 0 Å². The Morgan fingerprint density at radius 3 is 3.05 bits per heavy atom. The molecular weight excluding hydrogens is 321 g/mol. The number of hydrogen-bond donors (Lipinski definition) is 1. The molecule has 1 heterocycles. The van der Waals surface area contributed by atoms with Crippen molar-refractivity contribution in [2.45, 2.75) is 31.8 Å². The van der Waals surface area contributed by atoms with E-state index < -0.39 is 0 Å². The van der Waals surface area contributed by atoms with Crippen LogP contribution in [0, 0.1) is 5.92 Å². The van der Waals surface area contributed by atoms with Crippen molar-refractivity contribution < 1.29 is 4.79 Å². The molecule has 1 amide bonds. The molecule has 1 saturated carbocycles. The average molecular weight is 338 g/mol. The van der Waals surface area contributed by atoms with Crippen LogP contribution in [0.4, 0.5) is 0 Å². The van der Waals surface area contributed by atoms with Crippen LogP contribution in [0.15, 0.2) is 36.9 Å². The van der Waals surface area contributed by atoms with E-state index in [0.717, 1.165) is 12.0 Å². The van der Waals surface area contributed by atoms with E-state index >= 15 is 0 Å². The van der Waals surface area contributed by atoms with E-state index in [-0.39, 0.29) is 23.8 Å². The summed E-state index contributed by atoms with van der Waals surface area (Å²) in [6, 6.07) is 5.63. The molecule has 0 aliphatic heterocycles. The van der Waals surface area contributed by atoms with E-state index in [1.807, 2.05) is 29.8 Å². The molecule has 4 nitrogen and oxygen atoms in total. The van der Waals surface area contributed by atoms with Gasteiger partial charge in [-0.05, 0) is 30.9 Å². The van der Waals surface area contributed by atoms with E-state index in [4.69, 9.17) is 23.2 Å². The predicted molar refractivity (Wildman–Crippen MR) is 87.1 cm³/mol. The molecule has 116 valence electrons. The number of rotatable bonds is 5. The van der Waals surface area contributed by atoms with Gasteiger partial charge in [-0.2, -0.15) is 0 Å². The molecule has 3 unspecified atom stereocenters. The summed E-state index contributed by atoms with van der Waals surface area (Å²) in [6.45, 7) is 2.70. The van der Waals surface area contributed by atoms with Crippen LogP contribution in [-0.2, 0) is 11.3 Å². The Bertz CT molecular complexity index is 672. The van der Waals surface area contributed by atoms with Crippen molar-refractivity contribution in [3.8, 4) is 0 Å². The van der Waals surface area contributed by atoms with Crippen molar-refractivity contribution in [3.05, 3.63) is 52.5 Å². The molecule has 6 heteroatoms. The molecule has 3 atom stereocenters. The van der Waals surface area contributed by atoms with Crippen LogP contribution in [0.5, 0.6) is 0 Å². The van der Waals surface area contributed by atoms with Gasteiger partial charge >= 0.3 is 0 Å². The van der Waals surface area contributed by atoms with Crippen LogP contribution >= 0.6 is 23.2 Å². The van der Waals surface area contributed by atoms with Gasteiger partial charge in [-0.3, -0.25) is 4.79 Å². The minimum atomic E-state index is -0.0128. The third kappa shape index (κ3) is 3.28. The molecule has 2 aromatic rings. The smallest absolute Gasteiger partial charge is 0.224 e. The van der Waals surface area contributed by atoms with Crippen LogP contribution in [0.3, 0.4) is 0 Å². The maximum absolute atomic E-state index is 12.3. The number of aromatic nitrogens is 2. The summed E-state index contributed by atoms with van der Waals surface area (Å²) < 4.78 is 1.95. The average Bonchev–Trinajstić information content (AvgIpc) is 3.11. The van der Waals surface area contributed by atoms with Gasteiger partial charge in [0.05, 0.1) is 16.4 Å². The second kappa shape index (κ2) is 6.31. The topological polar surface area (TPSA) is 46.9 Å². The third-order valence-electron chi connectivity index (χ3n) is 3.94. The quantitative estimate of drug-likeness (QED) is 0.907. The minimum absolute atomic E-state index is 0.0128. The van der Waals surface area contributed by atoms with Crippen LogP contribution in [0.25, 0.3) is 0 Å². The van der Waals surface area contributed by atoms with Crippen molar-refractivity contribution in [2.75, 3.05) is 0 Å². The van der Waals surface area contributed by atoms with Gasteiger partial charge in [-0.25, -0.2) is 4.98 Å². The second-order valence-corrected chi connectivity index (χ2v) is 6.55. The first-order chi connectivity index (χ1) is 10.6. The summed E-state index contributed by atoms with van der Waals surface area (Å²) in [4.78, 5) is 16.3. The number of nitrogens with one attached hydrogen (secondary N) is 1. The standard InChI is InChI=1S/C16H17Cl2N3O/c1-10(8-21-6-5-19-9-21)20-16(22)13-7-12(13)11-3-2-4-14(17)15(11)18/h2-6,9-10,12-13H,7-8H2,1H3,(H,20,22). The zero-order valence-electron chi connectivity index (χ0n) is 12.2. The SMILES string of the molecule is CC(Cn1ccnc1)NC(=O)C1CC1c1cccc(Cl)c1Cl. The first kappa shape index (κ1) is 15.4. The van der Waals surface area contributed by atoms with Crippen LogP contribution in [0.1, 0.15) is 24.8 Å². The molecule has 1 aliphatic carbocycles. The zero-order chi connectivity index (χ0) is 15.7. The lowest BCUT2D eigenvalue weighted by Gasteiger charge is -2.14. The lowest BCUT2D eigenvalue weighted by atomic mass is 10.1. The highest BCUT2D eigenvalue weighted by Gasteiger charge is 2.45. The third-order valence-corrected chi connectivity index (χ3v) is 4.77. The van der Waals surface area contributed by atoms with E-state index in [1.165, 1.54) is 0 Å². The highest BCUT2D eigenvalue weighted by molar-refractivity contribution is 6.42. The van der Waals surface area contributed by atoms with Crippen LogP contribution in [-0.4, -0.2) is 21.5 Å². The number of carbonyl (C=O) groups is 1. The number of nitrogens with zero attached hydrogens (tertiary/aromatic N) is 2. The van der Waals surface area contributed by atoms with Gasteiger partial charge < -0.3 is 9.88 Å². The molecule has 0 spiro atoms. The number of halogens is 2. The lowest BCUT2D eigenvalue weighted by molar-refractivity contribution is -0.123. The summed E-state index contributed by atoms with van der Waals surface area (Å²) in [7, 11) is 0. The van der Waals surface area contributed by atoms with Gasteiger partial charge in [0, 0.05) is 30.9 Å². The minimum Gasteiger partial charge on any atom is -0.352 e. The number of imidazole rings is 1. The summed E-state index contributed by atoms with van der Waals surface area (Å²) >= 11 is 12.3. The lowest BCUT2D eigenvalue weighted by Crippen LogP contribution is -2.36. The molecular formula is C16H17Cl2N3O. The van der Waals surface area contributed by atoms with E-state index in [2.05, 4.69) is 10.3 Å². The summed E-state index contributed by atoms with van der Waals surface area (Å²) in [5.74, 6) is 0.238. The molecule has 0 bridgehead atoms. The van der Waals surface area contributed by atoms with Crippen LogP contribution in [0.2, 0.25) is 10.0 Å². The van der Waals surface area contributed by atoms with E-state index in [0.29, 0.717) is 16.6 Å². The predicted octanol–water partition coefficient (Wildman–Crippen LogP) is 3.50. The molecule has 1 aromatic heterocycles. The molecule has 0 saturated heterocycles. The Morgan fingerprint density at radius 1 is 1.50 bits per heavy atom.